The molecule has 1 aromatic carbocycles. The Balaban J connectivity index is 0.00000242. The van der Waals surface area contributed by atoms with Crippen molar-refractivity contribution in [1.29, 1.82) is 0 Å². The first-order chi connectivity index (χ1) is 10.3. The van der Waals surface area contributed by atoms with Crippen molar-refractivity contribution in [2.75, 3.05) is 25.6 Å². The van der Waals surface area contributed by atoms with Crippen molar-refractivity contribution >= 4 is 35.6 Å². The molecule has 0 radical (unpaired) electrons. The van der Waals surface area contributed by atoms with Crippen LogP contribution in [0.4, 0.5) is 5.69 Å². The first-order valence-electron chi connectivity index (χ1n) is 7.55. The van der Waals surface area contributed by atoms with Gasteiger partial charge in [-0.25, -0.2) is 0 Å². The van der Waals surface area contributed by atoms with E-state index < -0.39 is 0 Å². The largest absolute Gasteiger partial charge is 0.380 e. The average molecular weight is 419 g/mol. The number of para-hydroxylation sites is 1. The van der Waals surface area contributed by atoms with Crippen molar-refractivity contribution < 1.29 is 9.47 Å². The van der Waals surface area contributed by atoms with Gasteiger partial charge in [-0.1, -0.05) is 18.2 Å². The molecule has 1 heterocycles. The van der Waals surface area contributed by atoms with Crippen LogP contribution in [0.25, 0.3) is 0 Å². The maximum Gasteiger partial charge on any atom is 0.193 e. The molecule has 1 aliphatic rings. The minimum absolute atomic E-state index is 0. The molecule has 1 aromatic rings. The summed E-state index contributed by atoms with van der Waals surface area (Å²) in [6.45, 7) is 2.12. The van der Waals surface area contributed by atoms with E-state index in [1.54, 1.807) is 7.11 Å². The van der Waals surface area contributed by atoms with E-state index in [4.69, 9.17) is 15.2 Å². The van der Waals surface area contributed by atoms with E-state index >= 15 is 0 Å². The number of nitrogens with two attached hydrogens (primary N) is 1. The summed E-state index contributed by atoms with van der Waals surface area (Å²) in [6, 6.07) is 7.92. The number of ether oxygens (including phenoxy) is 2. The van der Waals surface area contributed by atoms with Crippen LogP contribution in [0, 0.1) is 0 Å². The third kappa shape index (κ3) is 6.50. The number of guanidine groups is 1. The second kappa shape index (κ2) is 10.8. The lowest BCUT2D eigenvalue weighted by Gasteiger charge is -2.21. The number of methoxy groups -OCH3 is 1. The second-order valence-corrected chi connectivity index (χ2v) is 5.26. The molecule has 2 rings (SSSR count). The Morgan fingerprint density at radius 3 is 2.95 bits per heavy atom. The van der Waals surface area contributed by atoms with Gasteiger partial charge in [0.05, 0.1) is 12.7 Å². The summed E-state index contributed by atoms with van der Waals surface area (Å²) in [4.78, 5) is 4.38. The average Bonchev–Trinajstić information content (AvgIpc) is 2.50. The zero-order valence-corrected chi connectivity index (χ0v) is 15.4. The third-order valence-corrected chi connectivity index (χ3v) is 3.59. The molecule has 1 aliphatic heterocycles. The molecular weight excluding hydrogens is 393 g/mol. The fourth-order valence-electron chi connectivity index (χ4n) is 2.47. The van der Waals surface area contributed by atoms with E-state index in [-0.39, 0.29) is 24.0 Å². The van der Waals surface area contributed by atoms with Crippen LogP contribution in [0.3, 0.4) is 0 Å². The molecule has 0 aliphatic carbocycles. The van der Waals surface area contributed by atoms with Gasteiger partial charge in [0.2, 0.25) is 0 Å². The first-order valence-corrected chi connectivity index (χ1v) is 7.55. The van der Waals surface area contributed by atoms with Crippen LogP contribution in [-0.4, -0.2) is 32.3 Å². The van der Waals surface area contributed by atoms with Crippen molar-refractivity contribution in [3.63, 3.8) is 0 Å². The Hall–Kier alpha value is -0.860. The van der Waals surface area contributed by atoms with Gasteiger partial charge in [0.25, 0.3) is 0 Å². The molecule has 1 unspecified atom stereocenters. The van der Waals surface area contributed by atoms with E-state index in [0.29, 0.717) is 25.2 Å². The predicted molar refractivity (Wildman–Crippen MR) is 101 cm³/mol. The number of aliphatic imine (C=N–C) groups is 1. The number of hydrogen-bond donors (Lipinski definition) is 2. The minimum atomic E-state index is 0. The van der Waals surface area contributed by atoms with Gasteiger partial charge in [0, 0.05) is 31.5 Å². The van der Waals surface area contributed by atoms with E-state index in [2.05, 4.69) is 10.3 Å². The lowest BCUT2D eigenvalue weighted by atomic mass is 10.1. The van der Waals surface area contributed by atoms with E-state index in [1.807, 2.05) is 24.3 Å². The Bertz CT molecular complexity index is 462. The number of halogens is 1. The summed E-state index contributed by atoms with van der Waals surface area (Å²) < 4.78 is 10.9. The quantitative estimate of drug-likeness (QED) is 0.423. The molecule has 0 aromatic heterocycles. The van der Waals surface area contributed by atoms with Gasteiger partial charge in [-0.2, -0.15) is 0 Å². The van der Waals surface area contributed by atoms with Gasteiger partial charge >= 0.3 is 0 Å². The second-order valence-electron chi connectivity index (χ2n) is 5.26. The van der Waals surface area contributed by atoms with E-state index in [9.17, 15) is 0 Å². The molecule has 6 heteroatoms. The summed E-state index contributed by atoms with van der Waals surface area (Å²) >= 11 is 0. The van der Waals surface area contributed by atoms with Crippen LogP contribution in [0.2, 0.25) is 0 Å². The monoisotopic (exact) mass is 419 g/mol. The molecule has 3 N–H and O–H groups in total. The Morgan fingerprint density at radius 1 is 1.41 bits per heavy atom. The molecule has 0 amide bonds. The van der Waals surface area contributed by atoms with E-state index in [1.165, 1.54) is 12.8 Å². The SMILES string of the molecule is COCc1ccccc1NC(N)=NCCC1CCCCO1.I. The van der Waals surface area contributed by atoms with Gasteiger partial charge in [-0.05, 0) is 31.7 Å². The van der Waals surface area contributed by atoms with Crippen molar-refractivity contribution in [2.24, 2.45) is 10.7 Å². The highest BCUT2D eigenvalue weighted by molar-refractivity contribution is 14.0. The van der Waals surface area contributed by atoms with Crippen molar-refractivity contribution in [3.05, 3.63) is 29.8 Å². The van der Waals surface area contributed by atoms with Crippen molar-refractivity contribution in [2.45, 2.75) is 38.4 Å². The van der Waals surface area contributed by atoms with Crippen LogP contribution in [0.1, 0.15) is 31.2 Å². The predicted octanol–water partition coefficient (Wildman–Crippen LogP) is 3.14. The Labute approximate surface area is 149 Å². The van der Waals surface area contributed by atoms with Gasteiger partial charge < -0.3 is 20.5 Å². The maximum absolute atomic E-state index is 5.94. The van der Waals surface area contributed by atoms with Crippen LogP contribution < -0.4 is 11.1 Å². The zero-order valence-electron chi connectivity index (χ0n) is 13.1. The lowest BCUT2D eigenvalue weighted by molar-refractivity contribution is 0.0129. The smallest absolute Gasteiger partial charge is 0.193 e. The first kappa shape index (κ1) is 19.2. The molecule has 0 saturated carbocycles. The fourth-order valence-corrected chi connectivity index (χ4v) is 2.47. The molecule has 0 bridgehead atoms. The molecule has 5 nitrogen and oxygen atoms in total. The number of anilines is 1. The number of nitrogens with one attached hydrogen (secondary N) is 1. The van der Waals surface area contributed by atoms with Crippen LogP contribution >= 0.6 is 24.0 Å². The molecule has 1 fully saturated rings. The molecule has 1 atom stereocenters. The number of nitrogens with zero attached hydrogens (tertiary/aromatic N) is 1. The number of hydrogen-bond acceptors (Lipinski definition) is 3. The zero-order chi connectivity index (χ0) is 14.9. The summed E-state index contributed by atoms with van der Waals surface area (Å²) in [6.07, 6.45) is 4.85. The molecular formula is C16H26IN3O2. The van der Waals surface area contributed by atoms with Gasteiger partial charge in [-0.15, -0.1) is 24.0 Å². The highest BCUT2D eigenvalue weighted by atomic mass is 127. The Morgan fingerprint density at radius 2 is 2.23 bits per heavy atom. The summed E-state index contributed by atoms with van der Waals surface area (Å²) in [5, 5.41) is 3.14. The lowest BCUT2D eigenvalue weighted by Crippen LogP contribution is -2.25. The molecule has 0 spiro atoms. The normalized spacial score (nSPS) is 18.6. The molecule has 1 saturated heterocycles. The summed E-state index contributed by atoms with van der Waals surface area (Å²) in [5.41, 5.74) is 7.95. The van der Waals surface area contributed by atoms with Gasteiger partial charge in [0.1, 0.15) is 0 Å². The molecule has 124 valence electrons. The van der Waals surface area contributed by atoms with Gasteiger partial charge in [0.15, 0.2) is 5.96 Å². The number of rotatable bonds is 6. The van der Waals surface area contributed by atoms with Gasteiger partial charge in [-0.3, -0.25) is 4.99 Å². The summed E-state index contributed by atoms with van der Waals surface area (Å²) in [5.74, 6) is 0.439. The standard InChI is InChI=1S/C16H25N3O2.HI/c1-20-12-13-6-2-3-8-15(13)19-16(17)18-10-9-14-7-4-5-11-21-14;/h2-3,6,8,14H,4-5,7,9-12H2,1H3,(H3,17,18,19);1H. The maximum atomic E-state index is 5.94. The summed E-state index contributed by atoms with van der Waals surface area (Å²) in [7, 11) is 1.68. The van der Waals surface area contributed by atoms with Crippen LogP contribution in [0.5, 0.6) is 0 Å². The van der Waals surface area contributed by atoms with Crippen molar-refractivity contribution in [1.82, 2.24) is 0 Å². The van der Waals surface area contributed by atoms with Crippen LogP contribution in [0.15, 0.2) is 29.3 Å². The topological polar surface area (TPSA) is 68.9 Å². The highest BCUT2D eigenvalue weighted by Crippen LogP contribution is 2.16. The van der Waals surface area contributed by atoms with E-state index in [0.717, 1.165) is 30.7 Å². The minimum Gasteiger partial charge on any atom is -0.380 e. The highest BCUT2D eigenvalue weighted by Gasteiger charge is 2.12. The number of benzene rings is 1. The fraction of sp³-hybridized carbons (Fsp3) is 0.562. The Kier molecular flexibility index (Phi) is 9.42. The third-order valence-electron chi connectivity index (χ3n) is 3.59. The van der Waals surface area contributed by atoms with Crippen LogP contribution in [-0.2, 0) is 16.1 Å². The van der Waals surface area contributed by atoms with Crippen molar-refractivity contribution in [3.8, 4) is 0 Å². The molecule has 22 heavy (non-hydrogen) atoms.